The van der Waals surface area contributed by atoms with Crippen molar-refractivity contribution in [3.05, 3.63) is 130 Å². The summed E-state index contributed by atoms with van der Waals surface area (Å²) in [6.45, 7) is 1.69. The smallest absolute Gasteiger partial charge is 0.252 e. The topological polar surface area (TPSA) is 138 Å². The third kappa shape index (κ3) is 4.55. The summed E-state index contributed by atoms with van der Waals surface area (Å²) < 4.78 is 2.11. The van der Waals surface area contributed by atoms with E-state index in [0.29, 0.717) is 30.8 Å². The number of hydrogen-bond donors (Lipinski definition) is 5. The van der Waals surface area contributed by atoms with Gasteiger partial charge in [-0.05, 0) is 65.0 Å². The Kier molecular flexibility index (Phi) is 6.21. The van der Waals surface area contributed by atoms with Gasteiger partial charge < -0.3 is 31.0 Å². The van der Waals surface area contributed by atoms with Crippen molar-refractivity contribution in [1.29, 1.82) is 0 Å². The average molecular weight is 557 g/mol. The lowest BCUT2D eigenvalue weighted by molar-refractivity contribution is 0.0959. The molecule has 0 fully saturated rings. The first-order valence-corrected chi connectivity index (χ1v) is 13.7. The minimum Gasteiger partial charge on any atom is -0.508 e. The summed E-state index contributed by atoms with van der Waals surface area (Å²) in [5, 5.41) is 19.0. The third-order valence-corrected chi connectivity index (χ3v) is 7.89. The Morgan fingerprint density at radius 3 is 2.79 bits per heavy atom. The minimum atomic E-state index is -0.472. The standard InChI is InChI=1S/C33H28N6O3/c34-32(41)21-9-11-36-22(14-21)18-39-12-10-20-6-5-19(13-29(20)39)16-35-17-28-30(25-3-1-2-4-27(25)37-28)31-26-15-23(40)7-8-24(26)33(42)38-31/h1-15,31,35,37,40H,16-18H2,(H2,34,41)(H,38,42). The molecule has 2 amide bonds. The van der Waals surface area contributed by atoms with E-state index in [2.05, 4.69) is 49.4 Å². The van der Waals surface area contributed by atoms with Crippen molar-refractivity contribution in [2.75, 3.05) is 0 Å². The van der Waals surface area contributed by atoms with Crippen LogP contribution < -0.4 is 16.4 Å². The molecule has 42 heavy (non-hydrogen) atoms. The molecule has 1 aliphatic heterocycles. The zero-order valence-electron chi connectivity index (χ0n) is 22.6. The van der Waals surface area contributed by atoms with Crippen molar-refractivity contribution in [2.45, 2.75) is 25.7 Å². The number of aromatic hydroxyl groups is 1. The average Bonchev–Trinajstić information content (AvgIpc) is 3.66. The van der Waals surface area contributed by atoms with Crippen LogP contribution >= 0.6 is 0 Å². The van der Waals surface area contributed by atoms with Gasteiger partial charge in [-0.3, -0.25) is 14.6 Å². The number of nitrogens with zero attached hydrogens (tertiary/aromatic N) is 2. The van der Waals surface area contributed by atoms with Crippen molar-refractivity contribution in [3.8, 4) is 5.75 Å². The minimum absolute atomic E-state index is 0.131. The van der Waals surface area contributed by atoms with Gasteiger partial charge >= 0.3 is 0 Å². The van der Waals surface area contributed by atoms with Crippen molar-refractivity contribution in [2.24, 2.45) is 5.73 Å². The van der Waals surface area contributed by atoms with Crippen LogP contribution in [-0.4, -0.2) is 31.5 Å². The zero-order chi connectivity index (χ0) is 28.8. The Morgan fingerprint density at radius 2 is 1.90 bits per heavy atom. The highest BCUT2D eigenvalue weighted by Crippen LogP contribution is 2.38. The van der Waals surface area contributed by atoms with Crippen molar-refractivity contribution in [1.82, 2.24) is 25.2 Å². The maximum Gasteiger partial charge on any atom is 0.252 e. The van der Waals surface area contributed by atoms with Crippen LogP contribution in [0.1, 0.15) is 54.8 Å². The van der Waals surface area contributed by atoms with Gasteiger partial charge in [0, 0.05) is 64.3 Å². The molecule has 3 aromatic carbocycles. The second-order valence-electron chi connectivity index (χ2n) is 10.6. The number of pyridine rings is 1. The second kappa shape index (κ2) is 10.2. The molecule has 0 aliphatic carbocycles. The molecule has 6 aromatic rings. The molecule has 4 heterocycles. The molecule has 1 aliphatic rings. The van der Waals surface area contributed by atoms with Crippen LogP contribution in [0.25, 0.3) is 21.8 Å². The molecule has 9 nitrogen and oxygen atoms in total. The lowest BCUT2D eigenvalue weighted by Crippen LogP contribution is -2.22. The Morgan fingerprint density at radius 1 is 1.02 bits per heavy atom. The number of aromatic nitrogens is 3. The highest BCUT2D eigenvalue weighted by molar-refractivity contribution is 6.01. The predicted molar refractivity (Wildman–Crippen MR) is 160 cm³/mol. The SMILES string of the molecule is NC(=O)c1ccnc(Cn2ccc3ccc(CNCc4[nH]c5ccccc5c4C4NC(=O)c5ccc(O)cc54)cc32)c1. The number of rotatable bonds is 8. The molecular weight excluding hydrogens is 528 g/mol. The van der Waals surface area contributed by atoms with Crippen molar-refractivity contribution < 1.29 is 14.7 Å². The first-order chi connectivity index (χ1) is 20.4. The van der Waals surface area contributed by atoms with Crippen molar-refractivity contribution in [3.63, 3.8) is 0 Å². The Balaban J connectivity index is 1.14. The molecule has 208 valence electrons. The van der Waals surface area contributed by atoms with E-state index >= 15 is 0 Å². The number of carbonyl (C=O) groups excluding carboxylic acids is 2. The molecule has 0 saturated heterocycles. The number of primary amides is 1. The molecule has 7 rings (SSSR count). The maximum absolute atomic E-state index is 12.8. The number of fused-ring (bicyclic) bond motifs is 3. The molecule has 3 aromatic heterocycles. The van der Waals surface area contributed by atoms with Crippen LogP contribution in [0.5, 0.6) is 5.75 Å². The number of carbonyl (C=O) groups is 2. The number of H-pyrrole nitrogens is 1. The molecule has 0 bridgehead atoms. The number of hydrogen-bond acceptors (Lipinski definition) is 5. The molecule has 0 saturated carbocycles. The predicted octanol–water partition coefficient (Wildman–Crippen LogP) is 4.49. The fourth-order valence-electron chi connectivity index (χ4n) is 5.90. The fraction of sp³-hybridized carbons (Fsp3) is 0.121. The number of para-hydroxylation sites is 1. The number of aromatic amines is 1. The van der Waals surface area contributed by atoms with E-state index in [-0.39, 0.29) is 17.7 Å². The number of benzene rings is 3. The first-order valence-electron chi connectivity index (χ1n) is 13.7. The van der Waals surface area contributed by atoms with Crippen LogP contribution in [0.4, 0.5) is 0 Å². The number of amides is 2. The third-order valence-electron chi connectivity index (χ3n) is 7.89. The Bertz CT molecular complexity index is 2010. The van der Waals surface area contributed by atoms with E-state index in [0.717, 1.165) is 49.9 Å². The van der Waals surface area contributed by atoms with Gasteiger partial charge in [0.1, 0.15) is 5.75 Å². The van der Waals surface area contributed by atoms with E-state index < -0.39 is 5.91 Å². The van der Waals surface area contributed by atoms with Crippen LogP contribution in [0, 0.1) is 0 Å². The molecular formula is C33H28N6O3. The summed E-state index contributed by atoms with van der Waals surface area (Å²) in [5.74, 6) is -0.488. The van der Waals surface area contributed by atoms with Gasteiger partial charge in [-0.2, -0.15) is 0 Å². The van der Waals surface area contributed by atoms with Gasteiger partial charge in [-0.25, -0.2) is 0 Å². The summed E-state index contributed by atoms with van der Waals surface area (Å²) >= 11 is 0. The number of phenols is 1. The Hall–Kier alpha value is -5.41. The van der Waals surface area contributed by atoms with Crippen LogP contribution in [0.2, 0.25) is 0 Å². The normalized spacial score (nSPS) is 14.4. The summed E-state index contributed by atoms with van der Waals surface area (Å²) in [5.41, 5.74) is 13.1. The Labute approximate surface area is 241 Å². The molecule has 0 spiro atoms. The van der Waals surface area contributed by atoms with Gasteiger partial charge in [0.25, 0.3) is 5.91 Å². The molecule has 1 unspecified atom stereocenters. The fourth-order valence-corrected chi connectivity index (χ4v) is 5.90. The lowest BCUT2D eigenvalue weighted by atomic mass is 9.95. The number of nitrogens with two attached hydrogens (primary N) is 1. The number of nitrogens with one attached hydrogen (secondary N) is 3. The van der Waals surface area contributed by atoms with E-state index in [9.17, 15) is 14.7 Å². The van der Waals surface area contributed by atoms with E-state index in [1.165, 1.54) is 0 Å². The summed E-state index contributed by atoms with van der Waals surface area (Å²) in [6, 6.07) is 24.3. The summed E-state index contributed by atoms with van der Waals surface area (Å²) in [4.78, 5) is 32.3. The van der Waals surface area contributed by atoms with Crippen molar-refractivity contribution >= 4 is 33.6 Å². The van der Waals surface area contributed by atoms with Gasteiger partial charge in [0.05, 0.1) is 18.3 Å². The van der Waals surface area contributed by atoms with Crippen LogP contribution in [-0.2, 0) is 19.6 Å². The van der Waals surface area contributed by atoms with Gasteiger partial charge in [0.2, 0.25) is 5.91 Å². The zero-order valence-corrected chi connectivity index (χ0v) is 22.6. The molecule has 0 radical (unpaired) electrons. The lowest BCUT2D eigenvalue weighted by Gasteiger charge is -2.15. The van der Waals surface area contributed by atoms with Gasteiger partial charge in [-0.1, -0.05) is 30.3 Å². The largest absolute Gasteiger partial charge is 0.508 e. The first kappa shape index (κ1) is 25.6. The monoisotopic (exact) mass is 556 g/mol. The van der Waals surface area contributed by atoms with E-state index in [1.807, 2.05) is 30.5 Å². The summed E-state index contributed by atoms with van der Waals surface area (Å²) in [7, 11) is 0. The van der Waals surface area contributed by atoms with E-state index in [4.69, 9.17) is 5.73 Å². The molecule has 9 heteroatoms. The number of phenolic OH excluding ortho intramolecular Hbond substituents is 1. The van der Waals surface area contributed by atoms with E-state index in [1.54, 1.807) is 36.5 Å². The van der Waals surface area contributed by atoms with Crippen LogP contribution in [0.15, 0.2) is 91.3 Å². The highest BCUT2D eigenvalue weighted by atomic mass is 16.3. The molecule has 6 N–H and O–H groups in total. The van der Waals surface area contributed by atoms with Gasteiger partial charge in [-0.15, -0.1) is 0 Å². The maximum atomic E-state index is 12.8. The summed E-state index contributed by atoms with van der Waals surface area (Å²) in [6.07, 6.45) is 3.62. The highest BCUT2D eigenvalue weighted by Gasteiger charge is 2.33. The second-order valence-corrected chi connectivity index (χ2v) is 10.6. The quantitative estimate of drug-likeness (QED) is 0.188. The van der Waals surface area contributed by atoms with Gasteiger partial charge in [0.15, 0.2) is 0 Å². The molecule has 1 atom stereocenters. The van der Waals surface area contributed by atoms with Crippen LogP contribution in [0.3, 0.4) is 0 Å².